The first-order valence-corrected chi connectivity index (χ1v) is 7.26. The van der Waals surface area contributed by atoms with Gasteiger partial charge >= 0.3 is 6.09 Å². The molecule has 1 aliphatic rings. The van der Waals surface area contributed by atoms with Crippen LogP contribution in [0.1, 0.15) is 39.4 Å². The molecule has 1 saturated heterocycles. The summed E-state index contributed by atoms with van der Waals surface area (Å²) in [4.78, 5) is 20.3. The molecule has 0 aliphatic carbocycles. The zero-order chi connectivity index (χ0) is 15.6. The van der Waals surface area contributed by atoms with Crippen LogP contribution in [0.15, 0.2) is 4.52 Å². The summed E-state index contributed by atoms with van der Waals surface area (Å²) in [6.45, 7) is 12.2. The van der Waals surface area contributed by atoms with Gasteiger partial charge in [0.05, 0.1) is 6.54 Å². The number of aryl methyl sites for hydroxylation is 1. The first kappa shape index (κ1) is 15.8. The maximum absolute atomic E-state index is 12.1. The molecule has 118 valence electrons. The Morgan fingerprint density at radius 1 is 1.43 bits per heavy atom. The van der Waals surface area contributed by atoms with Gasteiger partial charge in [0.15, 0.2) is 5.82 Å². The summed E-state index contributed by atoms with van der Waals surface area (Å²) in [7, 11) is 0. The monoisotopic (exact) mass is 296 g/mol. The van der Waals surface area contributed by atoms with Gasteiger partial charge in [-0.05, 0) is 27.7 Å². The van der Waals surface area contributed by atoms with Crippen LogP contribution in [-0.4, -0.2) is 57.3 Å². The second-order valence-electron chi connectivity index (χ2n) is 6.48. The molecule has 1 aliphatic heterocycles. The van der Waals surface area contributed by atoms with Crippen LogP contribution in [0.3, 0.4) is 0 Å². The Morgan fingerprint density at radius 3 is 2.67 bits per heavy atom. The average molecular weight is 296 g/mol. The lowest BCUT2D eigenvalue weighted by Gasteiger charge is -2.39. The number of amides is 1. The molecule has 7 nitrogen and oxygen atoms in total. The van der Waals surface area contributed by atoms with Crippen LogP contribution in [0.2, 0.25) is 0 Å². The van der Waals surface area contributed by atoms with Gasteiger partial charge in [0, 0.05) is 32.6 Å². The minimum absolute atomic E-state index is 0.227. The third-order valence-electron chi connectivity index (χ3n) is 3.33. The van der Waals surface area contributed by atoms with Crippen LogP contribution in [0.5, 0.6) is 0 Å². The second-order valence-corrected chi connectivity index (χ2v) is 6.48. The molecule has 1 amide bonds. The highest BCUT2D eigenvalue weighted by molar-refractivity contribution is 5.68. The molecule has 0 aromatic carbocycles. The molecule has 2 heterocycles. The zero-order valence-corrected chi connectivity index (χ0v) is 13.4. The van der Waals surface area contributed by atoms with Gasteiger partial charge in [-0.3, -0.25) is 4.90 Å². The molecule has 0 spiro atoms. The standard InChI is InChI=1S/C14H24N4O3/c1-10-8-18(13(19)20-14(3,4)5)7-6-17(10)9-12-15-11(2)21-16-12/h10H,6-9H2,1-5H3/t10-/m0/s1. The third-order valence-corrected chi connectivity index (χ3v) is 3.33. The van der Waals surface area contributed by atoms with E-state index in [9.17, 15) is 4.79 Å². The highest BCUT2D eigenvalue weighted by atomic mass is 16.6. The first-order valence-electron chi connectivity index (χ1n) is 7.26. The molecular formula is C14H24N4O3. The zero-order valence-electron chi connectivity index (χ0n) is 13.4. The fourth-order valence-electron chi connectivity index (χ4n) is 2.31. The summed E-state index contributed by atoms with van der Waals surface area (Å²) in [5.74, 6) is 1.26. The fourth-order valence-corrected chi connectivity index (χ4v) is 2.31. The number of hydrogen-bond donors (Lipinski definition) is 0. The summed E-state index contributed by atoms with van der Waals surface area (Å²) in [5.41, 5.74) is -0.459. The Labute approximate surface area is 125 Å². The van der Waals surface area contributed by atoms with Crippen LogP contribution in [0.4, 0.5) is 4.79 Å². The van der Waals surface area contributed by atoms with Crippen LogP contribution in [0, 0.1) is 6.92 Å². The van der Waals surface area contributed by atoms with Crippen LogP contribution in [-0.2, 0) is 11.3 Å². The first-order chi connectivity index (χ1) is 9.74. The predicted octanol–water partition coefficient (Wildman–Crippen LogP) is 1.82. The fraction of sp³-hybridized carbons (Fsp3) is 0.786. The van der Waals surface area contributed by atoms with Gasteiger partial charge in [-0.2, -0.15) is 4.98 Å². The third kappa shape index (κ3) is 4.42. The van der Waals surface area contributed by atoms with E-state index < -0.39 is 5.60 Å². The molecule has 0 N–H and O–H groups in total. The van der Waals surface area contributed by atoms with Crippen molar-refractivity contribution in [3.63, 3.8) is 0 Å². The molecule has 0 saturated carbocycles. The van der Waals surface area contributed by atoms with Crippen LogP contribution in [0.25, 0.3) is 0 Å². The molecule has 21 heavy (non-hydrogen) atoms. The van der Waals surface area contributed by atoms with Crippen molar-refractivity contribution < 1.29 is 14.1 Å². The summed E-state index contributed by atoms with van der Waals surface area (Å²) in [6.07, 6.45) is -0.246. The Bertz CT molecular complexity index is 495. The number of carbonyl (C=O) groups excluding carboxylic acids is 1. The van der Waals surface area contributed by atoms with Gasteiger partial charge in [0.1, 0.15) is 5.60 Å². The van der Waals surface area contributed by atoms with Crippen molar-refractivity contribution in [2.75, 3.05) is 19.6 Å². The van der Waals surface area contributed by atoms with Gasteiger partial charge in [-0.25, -0.2) is 4.79 Å². The Kier molecular flexibility index (Phi) is 4.51. The number of ether oxygens (including phenoxy) is 1. The van der Waals surface area contributed by atoms with E-state index in [1.807, 2.05) is 20.8 Å². The lowest BCUT2D eigenvalue weighted by Crippen LogP contribution is -2.54. The van der Waals surface area contributed by atoms with E-state index in [0.29, 0.717) is 31.3 Å². The van der Waals surface area contributed by atoms with Gasteiger partial charge < -0.3 is 14.2 Å². The Balaban J connectivity index is 1.88. The highest BCUT2D eigenvalue weighted by Gasteiger charge is 2.30. The molecule has 2 rings (SSSR count). The van der Waals surface area contributed by atoms with E-state index in [1.165, 1.54) is 0 Å². The molecule has 0 radical (unpaired) electrons. The van der Waals surface area contributed by atoms with Gasteiger partial charge in [0.25, 0.3) is 0 Å². The van der Waals surface area contributed by atoms with E-state index in [0.717, 1.165) is 6.54 Å². The summed E-state index contributed by atoms with van der Waals surface area (Å²) in [5, 5.41) is 3.91. The minimum atomic E-state index is -0.459. The van der Waals surface area contributed by atoms with Crippen molar-refractivity contribution in [1.82, 2.24) is 19.9 Å². The number of hydrogen-bond acceptors (Lipinski definition) is 6. The molecule has 1 aromatic rings. The Morgan fingerprint density at radius 2 is 2.14 bits per heavy atom. The van der Waals surface area contributed by atoms with Gasteiger partial charge in [-0.1, -0.05) is 5.16 Å². The summed E-state index contributed by atoms with van der Waals surface area (Å²) >= 11 is 0. The number of piperazine rings is 1. The van der Waals surface area contributed by atoms with Crippen molar-refractivity contribution in [1.29, 1.82) is 0 Å². The molecule has 7 heteroatoms. The van der Waals surface area contributed by atoms with Crippen molar-refractivity contribution >= 4 is 6.09 Å². The molecule has 0 bridgehead atoms. The van der Waals surface area contributed by atoms with E-state index >= 15 is 0 Å². The molecule has 1 fully saturated rings. The topological polar surface area (TPSA) is 71.7 Å². The molecule has 1 aromatic heterocycles. The smallest absolute Gasteiger partial charge is 0.410 e. The van der Waals surface area contributed by atoms with Crippen molar-refractivity contribution in [2.45, 2.75) is 52.8 Å². The van der Waals surface area contributed by atoms with E-state index in [2.05, 4.69) is 22.0 Å². The normalized spacial score (nSPS) is 20.6. The van der Waals surface area contributed by atoms with Crippen LogP contribution < -0.4 is 0 Å². The van der Waals surface area contributed by atoms with E-state index in [1.54, 1.807) is 11.8 Å². The maximum Gasteiger partial charge on any atom is 0.410 e. The van der Waals surface area contributed by atoms with E-state index in [-0.39, 0.29) is 12.1 Å². The quantitative estimate of drug-likeness (QED) is 0.829. The number of aromatic nitrogens is 2. The van der Waals surface area contributed by atoms with Crippen molar-refractivity contribution in [3.8, 4) is 0 Å². The highest BCUT2D eigenvalue weighted by Crippen LogP contribution is 2.16. The van der Waals surface area contributed by atoms with Crippen molar-refractivity contribution in [3.05, 3.63) is 11.7 Å². The van der Waals surface area contributed by atoms with Crippen LogP contribution >= 0.6 is 0 Å². The number of nitrogens with zero attached hydrogens (tertiary/aromatic N) is 4. The molecular weight excluding hydrogens is 272 g/mol. The van der Waals surface area contributed by atoms with E-state index in [4.69, 9.17) is 9.26 Å². The molecule has 0 unspecified atom stereocenters. The number of rotatable bonds is 2. The van der Waals surface area contributed by atoms with Crippen molar-refractivity contribution in [2.24, 2.45) is 0 Å². The minimum Gasteiger partial charge on any atom is -0.444 e. The maximum atomic E-state index is 12.1. The predicted molar refractivity (Wildman–Crippen MR) is 76.7 cm³/mol. The second kappa shape index (κ2) is 6.01. The van der Waals surface area contributed by atoms with Gasteiger partial charge in [0.2, 0.25) is 5.89 Å². The number of carbonyl (C=O) groups is 1. The summed E-state index contributed by atoms with van der Waals surface area (Å²) in [6, 6.07) is 0.227. The SMILES string of the molecule is Cc1nc(CN2CCN(C(=O)OC(C)(C)C)C[C@@H]2C)no1. The molecule has 1 atom stereocenters. The lowest BCUT2D eigenvalue weighted by molar-refractivity contribution is 0.00417. The summed E-state index contributed by atoms with van der Waals surface area (Å²) < 4.78 is 10.4. The lowest BCUT2D eigenvalue weighted by atomic mass is 10.2. The van der Waals surface area contributed by atoms with Gasteiger partial charge in [-0.15, -0.1) is 0 Å². The largest absolute Gasteiger partial charge is 0.444 e. The average Bonchev–Trinajstić information content (AvgIpc) is 2.75. The Hall–Kier alpha value is -1.63.